The van der Waals surface area contributed by atoms with E-state index in [1.54, 1.807) is 41.0 Å². The molecule has 13 nitrogen and oxygen atoms in total. The van der Waals surface area contributed by atoms with Crippen LogP contribution in [0, 0.1) is 17.3 Å². The van der Waals surface area contributed by atoms with Gasteiger partial charge >= 0.3 is 12.1 Å². The first-order valence-corrected chi connectivity index (χ1v) is 20.5. The summed E-state index contributed by atoms with van der Waals surface area (Å²) in [6, 6.07) is 7.40. The third-order valence-electron chi connectivity index (χ3n) is 10.7. The molecule has 1 aliphatic carbocycles. The minimum atomic E-state index is -3.16. The van der Waals surface area contributed by atoms with Crippen molar-refractivity contribution in [3.05, 3.63) is 58.2 Å². The Morgan fingerprint density at radius 2 is 1.90 bits per heavy atom. The molecule has 5 atom stereocenters. The first kappa shape index (κ1) is 43.1. The van der Waals surface area contributed by atoms with E-state index in [1.165, 1.54) is 11.3 Å². The zero-order valence-electron chi connectivity index (χ0n) is 34.5. The number of methoxy groups -OCH3 is 1. The molecule has 1 saturated heterocycles. The molecule has 3 aromatic heterocycles. The Hall–Kier alpha value is -4.51. The number of benzene rings is 1. The zero-order valence-corrected chi connectivity index (χ0v) is 35.3. The van der Waals surface area contributed by atoms with E-state index < -0.39 is 58.8 Å². The van der Waals surface area contributed by atoms with Crippen molar-refractivity contribution in [3.8, 4) is 22.5 Å². The van der Waals surface area contributed by atoms with Crippen LogP contribution in [-0.2, 0) is 43.2 Å². The Kier molecular flexibility index (Phi) is 12.3. The molecular formula is C42H54F2N6O7S. The van der Waals surface area contributed by atoms with Gasteiger partial charge in [0.05, 0.1) is 46.6 Å². The number of hydrogen-bond acceptors (Lipinski definition) is 11. The number of aromatic nitrogens is 3. The number of hydrogen-bond donors (Lipinski definition) is 3. The minimum absolute atomic E-state index is 0.0112. The number of aliphatic hydroxyl groups is 1. The van der Waals surface area contributed by atoms with Crippen LogP contribution in [0.5, 0.6) is 0 Å². The summed E-state index contributed by atoms with van der Waals surface area (Å²) in [7, 11) is 1.66. The topological polar surface area (TPSA) is 157 Å². The number of rotatable bonds is 14. The number of aliphatic hydroxyl groups excluding tert-OH is 1. The highest BCUT2D eigenvalue weighted by Gasteiger charge is 2.75. The molecule has 1 saturated carbocycles. The first-order valence-electron chi connectivity index (χ1n) is 19.6. The van der Waals surface area contributed by atoms with Crippen LogP contribution in [0.15, 0.2) is 41.9 Å². The number of carbonyl (C=O) groups excluding carboxylic acids is 3. The largest absolute Gasteiger partial charge is 0.465 e. The third kappa shape index (κ3) is 8.75. The fraction of sp³-hybridized carbons (Fsp3) is 0.548. The number of fused-ring (bicyclic) bond motifs is 2. The van der Waals surface area contributed by atoms with Crippen molar-refractivity contribution >= 4 is 40.2 Å². The maximum absolute atomic E-state index is 14.8. The molecule has 2 unspecified atom stereocenters. The Bertz CT molecular complexity index is 2160. The quantitative estimate of drug-likeness (QED) is 0.117. The second kappa shape index (κ2) is 16.6. The fourth-order valence-corrected chi connectivity index (χ4v) is 8.58. The molecule has 1 aromatic carbocycles. The standard InChI is InChI=1S/C42H54F2N6O7S/c1-10-49-31-15-14-24(17-26(31)27(19-41(7,8)22-51)36(49)25-13-12-16-45-34(25)23(3)55-9)30-21-58-32(46-30)18-29(47-39(54)57-40(4,5)6)37(52)50-20-28-33(42(28,43)44)35(48-50)38(53)56-11-2/h12-17,21,23,28-29,33,35,48,51H,10-11,18-20,22H2,1-9H3,(H,47,54)/t23-,28?,29-,33?,35-/m0/s1. The molecule has 3 N–H and O–H groups in total. The van der Waals surface area contributed by atoms with Crippen LogP contribution >= 0.6 is 11.3 Å². The van der Waals surface area contributed by atoms with E-state index in [-0.39, 0.29) is 32.3 Å². The number of nitrogens with zero attached hydrogens (tertiary/aromatic N) is 4. The normalized spacial score (nSPS) is 20.0. The fourth-order valence-electron chi connectivity index (χ4n) is 7.73. The molecule has 0 bridgehead atoms. The molecule has 2 amide bonds. The molecule has 4 aromatic rings. The monoisotopic (exact) mass is 824 g/mol. The lowest BCUT2D eigenvalue weighted by atomic mass is 9.84. The van der Waals surface area contributed by atoms with Gasteiger partial charge in [-0.1, -0.05) is 19.9 Å². The second-order valence-corrected chi connectivity index (χ2v) is 17.7. The van der Waals surface area contributed by atoms with Crippen molar-refractivity contribution in [2.24, 2.45) is 17.3 Å². The Morgan fingerprint density at radius 1 is 1.16 bits per heavy atom. The Balaban J connectivity index is 1.36. The van der Waals surface area contributed by atoms with Gasteiger partial charge in [-0.15, -0.1) is 11.3 Å². The van der Waals surface area contributed by atoms with Gasteiger partial charge in [0.2, 0.25) is 0 Å². The van der Waals surface area contributed by atoms with Crippen molar-refractivity contribution in [2.45, 2.75) is 104 Å². The number of halogens is 2. The number of esters is 1. The number of thiazole rings is 1. The van der Waals surface area contributed by atoms with E-state index in [9.17, 15) is 28.3 Å². The van der Waals surface area contributed by atoms with Crippen molar-refractivity contribution in [1.82, 2.24) is 30.3 Å². The number of nitrogens with one attached hydrogen (secondary N) is 2. The summed E-state index contributed by atoms with van der Waals surface area (Å²) in [5.74, 6) is -7.29. The summed E-state index contributed by atoms with van der Waals surface area (Å²) in [6.07, 6.45) is 1.12. The SMILES string of the molecule is CCOC(=O)[C@H]1NN(C(=O)[C@H](Cc2nc(-c3ccc4c(c3)c(CC(C)(C)CO)c(-c3cccnc3[C@H](C)OC)n4CC)cs2)NC(=O)OC(C)(C)C)CC2C1C2(F)F. The van der Waals surface area contributed by atoms with Gasteiger partial charge in [-0.05, 0) is 83.2 Å². The molecule has 1 aliphatic heterocycles. The van der Waals surface area contributed by atoms with E-state index in [4.69, 9.17) is 24.2 Å². The summed E-state index contributed by atoms with van der Waals surface area (Å²) < 4.78 is 48.1. The number of ether oxygens (including phenoxy) is 3. The van der Waals surface area contributed by atoms with Crippen LogP contribution in [0.25, 0.3) is 33.4 Å². The molecule has 0 radical (unpaired) electrons. The van der Waals surface area contributed by atoms with Gasteiger partial charge in [-0.25, -0.2) is 24.0 Å². The van der Waals surface area contributed by atoms with Crippen molar-refractivity contribution in [2.75, 3.05) is 26.9 Å². The average Bonchev–Trinajstić information content (AvgIpc) is 3.44. The molecular weight excluding hydrogens is 771 g/mol. The summed E-state index contributed by atoms with van der Waals surface area (Å²) in [4.78, 5) is 49.5. The van der Waals surface area contributed by atoms with E-state index >= 15 is 0 Å². The van der Waals surface area contributed by atoms with Crippen LogP contribution in [0.1, 0.15) is 77.8 Å². The molecule has 16 heteroatoms. The van der Waals surface area contributed by atoms with Crippen molar-refractivity contribution in [1.29, 1.82) is 0 Å². The van der Waals surface area contributed by atoms with Crippen molar-refractivity contribution in [3.63, 3.8) is 0 Å². The number of alkyl carbamates (subject to hydrolysis) is 1. The van der Waals surface area contributed by atoms with Crippen LogP contribution < -0.4 is 10.7 Å². The predicted molar refractivity (Wildman–Crippen MR) is 216 cm³/mol. The summed E-state index contributed by atoms with van der Waals surface area (Å²) in [5.41, 5.74) is 7.61. The van der Waals surface area contributed by atoms with Crippen LogP contribution in [0.2, 0.25) is 0 Å². The number of carbonyl (C=O) groups is 3. The molecule has 58 heavy (non-hydrogen) atoms. The maximum atomic E-state index is 14.8. The number of amides is 2. The van der Waals surface area contributed by atoms with E-state index in [0.29, 0.717) is 23.7 Å². The van der Waals surface area contributed by atoms with Gasteiger partial charge < -0.3 is 29.2 Å². The van der Waals surface area contributed by atoms with Gasteiger partial charge in [0, 0.05) is 66.8 Å². The van der Waals surface area contributed by atoms with Crippen LogP contribution in [0.3, 0.4) is 0 Å². The van der Waals surface area contributed by atoms with Gasteiger partial charge in [0.1, 0.15) is 17.7 Å². The van der Waals surface area contributed by atoms with E-state index in [2.05, 4.69) is 40.4 Å². The molecule has 4 heterocycles. The molecule has 6 rings (SSSR count). The smallest absolute Gasteiger partial charge is 0.408 e. The molecule has 0 spiro atoms. The molecule has 314 valence electrons. The molecule has 2 fully saturated rings. The van der Waals surface area contributed by atoms with Crippen LogP contribution in [0.4, 0.5) is 13.6 Å². The number of alkyl halides is 2. The van der Waals surface area contributed by atoms with E-state index in [0.717, 1.165) is 44.0 Å². The number of aryl methyl sites for hydroxylation is 1. The van der Waals surface area contributed by atoms with Crippen LogP contribution in [-0.4, -0.2) is 93.1 Å². The Morgan fingerprint density at radius 3 is 2.55 bits per heavy atom. The highest BCUT2D eigenvalue weighted by atomic mass is 32.1. The van der Waals surface area contributed by atoms with Gasteiger partial charge in [0.25, 0.3) is 11.8 Å². The first-order chi connectivity index (χ1) is 27.3. The minimum Gasteiger partial charge on any atom is -0.465 e. The third-order valence-corrected chi connectivity index (χ3v) is 11.6. The lowest BCUT2D eigenvalue weighted by molar-refractivity contribution is -0.153. The lowest BCUT2D eigenvalue weighted by Gasteiger charge is -2.34. The van der Waals surface area contributed by atoms with Gasteiger partial charge in [0.15, 0.2) is 0 Å². The maximum Gasteiger partial charge on any atom is 0.408 e. The molecule has 2 aliphatic rings. The Labute approximate surface area is 341 Å². The van der Waals surface area contributed by atoms with Gasteiger partial charge in [-0.3, -0.25) is 19.6 Å². The average molecular weight is 825 g/mol. The lowest BCUT2D eigenvalue weighted by Crippen LogP contribution is -2.61. The second-order valence-electron chi connectivity index (χ2n) is 16.8. The summed E-state index contributed by atoms with van der Waals surface area (Å²) in [5, 5.41) is 17.4. The summed E-state index contributed by atoms with van der Waals surface area (Å²) in [6.45, 7) is 15.0. The highest BCUT2D eigenvalue weighted by Crippen LogP contribution is 2.59. The zero-order chi connectivity index (χ0) is 42.3. The number of pyridine rings is 1. The number of hydrazine groups is 1. The summed E-state index contributed by atoms with van der Waals surface area (Å²) >= 11 is 1.29. The van der Waals surface area contributed by atoms with E-state index in [1.807, 2.05) is 38.3 Å². The predicted octanol–water partition coefficient (Wildman–Crippen LogP) is 6.71. The van der Waals surface area contributed by atoms with Gasteiger partial charge in [-0.2, -0.15) is 0 Å². The highest BCUT2D eigenvalue weighted by molar-refractivity contribution is 7.10. The van der Waals surface area contributed by atoms with Crippen molar-refractivity contribution < 1.29 is 42.5 Å².